The van der Waals surface area contributed by atoms with Gasteiger partial charge in [-0.2, -0.15) is 0 Å². The number of carbonyl (C=O) groups excluding carboxylic acids is 1. The molecule has 1 saturated heterocycles. The molecule has 5 nitrogen and oxygen atoms in total. The second-order valence-electron chi connectivity index (χ2n) is 5.52. The highest BCUT2D eigenvalue weighted by Crippen LogP contribution is 2.18. The van der Waals surface area contributed by atoms with Gasteiger partial charge in [-0.3, -0.25) is 9.78 Å². The standard InChI is InChI=1S/C16H25N3O2/c1-3-8-18-15-11-17-9-7-14(15)16(20)19(2)12-13-6-4-5-10-21-13/h7,9,11,13,18H,3-6,8,10,12H2,1-2H3. The van der Waals surface area contributed by atoms with Crippen LogP contribution in [-0.2, 0) is 4.74 Å². The van der Waals surface area contributed by atoms with Gasteiger partial charge in [0.1, 0.15) is 0 Å². The summed E-state index contributed by atoms with van der Waals surface area (Å²) in [6, 6.07) is 1.78. The van der Waals surface area contributed by atoms with E-state index >= 15 is 0 Å². The molecule has 1 fully saturated rings. The molecule has 1 unspecified atom stereocenters. The number of nitrogens with one attached hydrogen (secondary N) is 1. The van der Waals surface area contributed by atoms with Gasteiger partial charge >= 0.3 is 0 Å². The zero-order chi connectivity index (χ0) is 15.1. The van der Waals surface area contributed by atoms with E-state index in [-0.39, 0.29) is 12.0 Å². The van der Waals surface area contributed by atoms with Crippen molar-refractivity contribution in [2.75, 3.05) is 32.1 Å². The SMILES string of the molecule is CCCNc1cnccc1C(=O)N(C)CC1CCCCO1. The van der Waals surface area contributed by atoms with Crippen molar-refractivity contribution in [3.05, 3.63) is 24.0 Å². The van der Waals surface area contributed by atoms with Gasteiger partial charge in [0.15, 0.2) is 0 Å². The smallest absolute Gasteiger partial charge is 0.255 e. The fourth-order valence-corrected chi connectivity index (χ4v) is 2.53. The molecule has 116 valence electrons. The highest BCUT2D eigenvalue weighted by Gasteiger charge is 2.21. The molecule has 5 heteroatoms. The monoisotopic (exact) mass is 291 g/mol. The highest BCUT2D eigenvalue weighted by molar-refractivity contribution is 5.99. The van der Waals surface area contributed by atoms with E-state index in [0.29, 0.717) is 12.1 Å². The molecule has 1 aromatic rings. The van der Waals surface area contributed by atoms with Crippen LogP contribution in [0.25, 0.3) is 0 Å². The molecule has 1 aliphatic heterocycles. The summed E-state index contributed by atoms with van der Waals surface area (Å²) in [6.07, 6.45) is 7.91. The number of amides is 1. The summed E-state index contributed by atoms with van der Waals surface area (Å²) in [5, 5.41) is 3.26. The fraction of sp³-hybridized carbons (Fsp3) is 0.625. The summed E-state index contributed by atoms with van der Waals surface area (Å²) in [5.41, 5.74) is 1.48. The number of hydrogen-bond acceptors (Lipinski definition) is 4. The maximum Gasteiger partial charge on any atom is 0.255 e. The van der Waals surface area contributed by atoms with E-state index in [1.54, 1.807) is 23.4 Å². The lowest BCUT2D eigenvalue weighted by molar-refractivity contribution is -0.000173. The lowest BCUT2D eigenvalue weighted by Crippen LogP contribution is -2.37. The third kappa shape index (κ3) is 4.43. The maximum absolute atomic E-state index is 12.6. The first kappa shape index (κ1) is 15.8. The van der Waals surface area contributed by atoms with Crippen LogP contribution in [0.2, 0.25) is 0 Å². The van der Waals surface area contributed by atoms with Crippen molar-refractivity contribution in [3.63, 3.8) is 0 Å². The first-order chi connectivity index (χ1) is 10.2. The Hall–Kier alpha value is -1.62. The summed E-state index contributed by atoms with van der Waals surface area (Å²) in [4.78, 5) is 18.5. The Morgan fingerprint density at radius 2 is 2.38 bits per heavy atom. The normalized spacial score (nSPS) is 18.3. The van der Waals surface area contributed by atoms with Gasteiger partial charge in [0.25, 0.3) is 5.91 Å². The summed E-state index contributed by atoms with van der Waals surface area (Å²) < 4.78 is 5.71. The first-order valence-electron chi connectivity index (χ1n) is 7.77. The zero-order valence-corrected chi connectivity index (χ0v) is 13.0. The molecular weight excluding hydrogens is 266 g/mol. The number of likely N-dealkylation sites (N-methyl/N-ethyl adjacent to an activating group) is 1. The lowest BCUT2D eigenvalue weighted by atomic mass is 10.1. The molecule has 0 radical (unpaired) electrons. The highest BCUT2D eigenvalue weighted by atomic mass is 16.5. The number of carbonyl (C=O) groups is 1. The third-order valence-corrected chi connectivity index (χ3v) is 3.72. The van der Waals surface area contributed by atoms with Gasteiger partial charge in [-0.25, -0.2) is 0 Å². The van der Waals surface area contributed by atoms with Crippen LogP contribution >= 0.6 is 0 Å². The predicted octanol–water partition coefficient (Wildman–Crippen LogP) is 2.54. The van der Waals surface area contributed by atoms with Crippen LogP contribution in [0.15, 0.2) is 18.5 Å². The van der Waals surface area contributed by atoms with Crippen LogP contribution in [0.5, 0.6) is 0 Å². The van der Waals surface area contributed by atoms with Crippen LogP contribution < -0.4 is 5.32 Å². The van der Waals surface area contributed by atoms with E-state index in [9.17, 15) is 4.79 Å². The van der Waals surface area contributed by atoms with Gasteiger partial charge in [0.2, 0.25) is 0 Å². The largest absolute Gasteiger partial charge is 0.383 e. The number of rotatable bonds is 6. The molecule has 0 bridgehead atoms. The van der Waals surface area contributed by atoms with Gasteiger partial charge in [-0.1, -0.05) is 6.92 Å². The molecule has 1 amide bonds. The van der Waals surface area contributed by atoms with Gasteiger partial charge in [0, 0.05) is 32.9 Å². The molecule has 2 heterocycles. The average Bonchev–Trinajstić information content (AvgIpc) is 2.53. The molecular formula is C16H25N3O2. The Morgan fingerprint density at radius 3 is 3.10 bits per heavy atom. The van der Waals surface area contributed by atoms with Crippen molar-refractivity contribution in [2.24, 2.45) is 0 Å². The minimum Gasteiger partial charge on any atom is -0.383 e. The van der Waals surface area contributed by atoms with Crippen LogP contribution in [0.1, 0.15) is 43.0 Å². The second-order valence-corrected chi connectivity index (χ2v) is 5.52. The Labute approximate surface area is 126 Å². The van der Waals surface area contributed by atoms with Crippen LogP contribution in [0, 0.1) is 0 Å². The topological polar surface area (TPSA) is 54.5 Å². The summed E-state index contributed by atoms with van der Waals surface area (Å²) in [5.74, 6) is 0.0187. The Bertz CT molecular complexity index is 459. The van der Waals surface area contributed by atoms with Crippen molar-refractivity contribution in [3.8, 4) is 0 Å². The molecule has 1 N–H and O–H groups in total. The number of pyridine rings is 1. The molecule has 21 heavy (non-hydrogen) atoms. The predicted molar refractivity (Wildman–Crippen MR) is 83.6 cm³/mol. The summed E-state index contributed by atoms with van der Waals surface area (Å²) >= 11 is 0. The molecule has 0 aliphatic carbocycles. The molecule has 1 aliphatic rings. The first-order valence-corrected chi connectivity index (χ1v) is 7.77. The number of ether oxygens (including phenoxy) is 1. The molecule has 0 saturated carbocycles. The van der Waals surface area contributed by atoms with Crippen molar-refractivity contribution >= 4 is 11.6 Å². The summed E-state index contributed by atoms with van der Waals surface area (Å²) in [6.45, 7) is 4.39. The maximum atomic E-state index is 12.6. The Morgan fingerprint density at radius 1 is 1.52 bits per heavy atom. The van der Waals surface area contributed by atoms with Crippen molar-refractivity contribution in [1.29, 1.82) is 0 Å². The zero-order valence-electron chi connectivity index (χ0n) is 13.0. The lowest BCUT2D eigenvalue weighted by Gasteiger charge is -2.28. The van der Waals surface area contributed by atoms with Gasteiger partial charge in [-0.15, -0.1) is 0 Å². The Kier molecular flexibility index (Phi) is 5.99. The molecule has 2 rings (SSSR count). The Balaban J connectivity index is 2.00. The minimum atomic E-state index is 0.0187. The van der Waals surface area contributed by atoms with E-state index in [2.05, 4.69) is 17.2 Å². The van der Waals surface area contributed by atoms with Crippen LogP contribution in [0.3, 0.4) is 0 Å². The van der Waals surface area contributed by atoms with E-state index in [4.69, 9.17) is 4.74 Å². The molecule has 0 aromatic carbocycles. The van der Waals surface area contributed by atoms with Crippen molar-refractivity contribution < 1.29 is 9.53 Å². The number of nitrogens with zero attached hydrogens (tertiary/aromatic N) is 2. The van der Waals surface area contributed by atoms with Crippen LogP contribution in [-0.4, -0.2) is 48.6 Å². The molecule has 1 aromatic heterocycles. The number of anilines is 1. The quantitative estimate of drug-likeness (QED) is 0.875. The van der Waals surface area contributed by atoms with E-state index in [1.165, 1.54) is 6.42 Å². The van der Waals surface area contributed by atoms with Gasteiger partial charge in [-0.05, 0) is 31.7 Å². The van der Waals surface area contributed by atoms with E-state index in [0.717, 1.165) is 38.1 Å². The van der Waals surface area contributed by atoms with E-state index < -0.39 is 0 Å². The van der Waals surface area contributed by atoms with E-state index in [1.807, 2.05) is 7.05 Å². The fourth-order valence-electron chi connectivity index (χ4n) is 2.53. The van der Waals surface area contributed by atoms with Gasteiger partial charge < -0.3 is 15.0 Å². The average molecular weight is 291 g/mol. The van der Waals surface area contributed by atoms with Crippen molar-refractivity contribution in [2.45, 2.75) is 38.7 Å². The summed E-state index contributed by atoms with van der Waals surface area (Å²) in [7, 11) is 1.84. The second kappa shape index (κ2) is 7.98. The minimum absolute atomic E-state index is 0.0187. The molecule has 1 atom stereocenters. The third-order valence-electron chi connectivity index (χ3n) is 3.72. The number of hydrogen-bond donors (Lipinski definition) is 1. The van der Waals surface area contributed by atoms with Crippen LogP contribution in [0.4, 0.5) is 5.69 Å². The van der Waals surface area contributed by atoms with Crippen molar-refractivity contribution in [1.82, 2.24) is 9.88 Å². The number of aromatic nitrogens is 1. The molecule has 0 spiro atoms. The van der Waals surface area contributed by atoms with Gasteiger partial charge in [0.05, 0.1) is 23.6 Å².